The molecule has 0 saturated carbocycles. The van der Waals surface area contributed by atoms with Crippen molar-refractivity contribution in [2.45, 2.75) is 0 Å². The molecule has 0 spiro atoms. The first-order chi connectivity index (χ1) is 10.0. The lowest BCUT2D eigenvalue weighted by atomic mass is 10.2. The minimum absolute atomic E-state index is 0.00457. The predicted octanol–water partition coefficient (Wildman–Crippen LogP) is 2.54. The summed E-state index contributed by atoms with van der Waals surface area (Å²) >= 11 is 0. The molecule has 0 aliphatic rings. The number of anilines is 1. The van der Waals surface area contributed by atoms with Crippen LogP contribution in [-0.4, -0.2) is 20.4 Å². The van der Waals surface area contributed by atoms with Gasteiger partial charge in [-0.2, -0.15) is 4.98 Å². The van der Waals surface area contributed by atoms with Gasteiger partial charge < -0.3 is 20.5 Å². The standard InChI is InChI=1S/C14H10FN3O3/c15-10-6-8(16)2-3-9(10)14-17-13(18-21-14)7-1-4-11(19)12(20)5-7/h1-6,19-20H,16H2. The number of hydrogen-bond donors (Lipinski definition) is 3. The van der Waals surface area contributed by atoms with Gasteiger partial charge in [0, 0.05) is 11.3 Å². The summed E-state index contributed by atoms with van der Waals surface area (Å²) in [6.45, 7) is 0. The number of phenols is 2. The van der Waals surface area contributed by atoms with E-state index >= 15 is 0 Å². The van der Waals surface area contributed by atoms with Crippen LogP contribution < -0.4 is 5.73 Å². The Balaban J connectivity index is 2.01. The SMILES string of the molecule is Nc1ccc(-c2nc(-c3ccc(O)c(O)c3)no2)c(F)c1. The Labute approximate surface area is 118 Å². The molecule has 0 fully saturated rings. The van der Waals surface area contributed by atoms with Gasteiger partial charge in [0.15, 0.2) is 11.5 Å². The smallest absolute Gasteiger partial charge is 0.261 e. The van der Waals surface area contributed by atoms with E-state index in [9.17, 15) is 14.6 Å². The Morgan fingerprint density at radius 1 is 1.05 bits per heavy atom. The zero-order valence-electron chi connectivity index (χ0n) is 10.6. The van der Waals surface area contributed by atoms with E-state index in [1.54, 1.807) is 0 Å². The molecule has 1 heterocycles. The monoisotopic (exact) mass is 287 g/mol. The summed E-state index contributed by atoms with van der Waals surface area (Å²) in [6.07, 6.45) is 0. The fourth-order valence-electron chi connectivity index (χ4n) is 1.82. The third-order valence-electron chi connectivity index (χ3n) is 2.88. The predicted molar refractivity (Wildman–Crippen MR) is 72.9 cm³/mol. The Morgan fingerprint density at radius 2 is 1.86 bits per heavy atom. The summed E-state index contributed by atoms with van der Waals surface area (Å²) in [6, 6.07) is 8.20. The number of rotatable bonds is 2. The highest BCUT2D eigenvalue weighted by molar-refractivity contribution is 5.64. The molecule has 106 valence electrons. The van der Waals surface area contributed by atoms with E-state index < -0.39 is 5.82 Å². The Kier molecular flexibility index (Phi) is 2.94. The highest BCUT2D eigenvalue weighted by atomic mass is 19.1. The number of nitrogens with two attached hydrogens (primary N) is 1. The van der Waals surface area contributed by atoms with Crippen LogP contribution >= 0.6 is 0 Å². The highest BCUT2D eigenvalue weighted by Gasteiger charge is 2.15. The van der Waals surface area contributed by atoms with Crippen molar-refractivity contribution in [1.29, 1.82) is 0 Å². The molecule has 0 saturated heterocycles. The third-order valence-corrected chi connectivity index (χ3v) is 2.88. The molecule has 7 heteroatoms. The maximum Gasteiger partial charge on any atom is 0.261 e. The number of nitrogens with zero attached hydrogens (tertiary/aromatic N) is 2. The average Bonchev–Trinajstić information content (AvgIpc) is 2.91. The van der Waals surface area contributed by atoms with Gasteiger partial charge in [0.25, 0.3) is 5.89 Å². The van der Waals surface area contributed by atoms with Crippen molar-refractivity contribution in [1.82, 2.24) is 10.1 Å². The molecule has 0 amide bonds. The van der Waals surface area contributed by atoms with Crippen molar-refractivity contribution in [2.24, 2.45) is 0 Å². The number of aromatic hydroxyl groups is 2. The van der Waals surface area contributed by atoms with Crippen molar-refractivity contribution in [3.8, 4) is 34.3 Å². The van der Waals surface area contributed by atoms with Crippen LogP contribution in [0.3, 0.4) is 0 Å². The number of phenolic OH excluding ortho intramolecular Hbond substituents is 2. The maximum absolute atomic E-state index is 13.8. The molecular weight excluding hydrogens is 277 g/mol. The lowest BCUT2D eigenvalue weighted by Gasteiger charge is -1.99. The van der Waals surface area contributed by atoms with Gasteiger partial charge in [-0.25, -0.2) is 4.39 Å². The fraction of sp³-hybridized carbons (Fsp3) is 0. The first-order valence-corrected chi connectivity index (χ1v) is 5.96. The zero-order chi connectivity index (χ0) is 15.0. The van der Waals surface area contributed by atoms with Gasteiger partial charge in [0.2, 0.25) is 5.82 Å². The van der Waals surface area contributed by atoms with E-state index in [0.29, 0.717) is 11.3 Å². The van der Waals surface area contributed by atoms with Crippen LogP contribution in [0.25, 0.3) is 22.8 Å². The summed E-state index contributed by atoms with van der Waals surface area (Å²) in [5, 5.41) is 22.4. The van der Waals surface area contributed by atoms with E-state index in [0.717, 1.165) is 6.07 Å². The minimum Gasteiger partial charge on any atom is -0.504 e. The first-order valence-electron chi connectivity index (χ1n) is 5.96. The summed E-state index contributed by atoms with van der Waals surface area (Å²) in [5.74, 6) is -0.977. The van der Waals surface area contributed by atoms with Crippen LogP contribution in [0.2, 0.25) is 0 Å². The molecule has 21 heavy (non-hydrogen) atoms. The number of nitrogen functional groups attached to an aromatic ring is 1. The molecule has 3 rings (SSSR count). The molecule has 6 nitrogen and oxygen atoms in total. The van der Waals surface area contributed by atoms with E-state index in [-0.39, 0.29) is 28.8 Å². The van der Waals surface area contributed by atoms with Gasteiger partial charge in [-0.3, -0.25) is 0 Å². The lowest BCUT2D eigenvalue weighted by molar-refractivity contribution is 0.403. The molecule has 0 bridgehead atoms. The molecule has 0 radical (unpaired) electrons. The first kappa shape index (κ1) is 12.9. The van der Waals surface area contributed by atoms with Gasteiger partial charge >= 0.3 is 0 Å². The number of halogens is 1. The second-order valence-corrected chi connectivity index (χ2v) is 4.37. The summed E-state index contributed by atoms with van der Waals surface area (Å²) < 4.78 is 18.8. The van der Waals surface area contributed by atoms with Crippen LogP contribution in [0.4, 0.5) is 10.1 Å². The Bertz CT molecular complexity index is 817. The van der Waals surface area contributed by atoms with Gasteiger partial charge in [-0.05, 0) is 36.4 Å². The van der Waals surface area contributed by atoms with Crippen LogP contribution in [0.5, 0.6) is 11.5 Å². The molecule has 0 aliphatic heterocycles. The van der Waals surface area contributed by atoms with Crippen LogP contribution in [0, 0.1) is 5.82 Å². The van der Waals surface area contributed by atoms with Crippen molar-refractivity contribution in [2.75, 3.05) is 5.73 Å². The maximum atomic E-state index is 13.8. The Hall–Kier alpha value is -3.09. The third kappa shape index (κ3) is 2.36. The van der Waals surface area contributed by atoms with Gasteiger partial charge in [-0.1, -0.05) is 5.16 Å². The molecule has 3 aromatic rings. The van der Waals surface area contributed by atoms with Crippen LogP contribution in [-0.2, 0) is 0 Å². The lowest BCUT2D eigenvalue weighted by Crippen LogP contribution is -1.89. The summed E-state index contributed by atoms with van der Waals surface area (Å²) in [4.78, 5) is 4.06. The normalized spacial score (nSPS) is 10.7. The van der Waals surface area contributed by atoms with Crippen molar-refractivity contribution < 1.29 is 19.1 Å². The number of aromatic nitrogens is 2. The zero-order valence-corrected chi connectivity index (χ0v) is 10.6. The molecule has 2 aromatic carbocycles. The second-order valence-electron chi connectivity index (χ2n) is 4.37. The highest BCUT2D eigenvalue weighted by Crippen LogP contribution is 2.30. The average molecular weight is 287 g/mol. The summed E-state index contributed by atoms with van der Waals surface area (Å²) in [5.41, 5.74) is 6.32. The number of hydrogen-bond acceptors (Lipinski definition) is 6. The molecule has 0 atom stereocenters. The minimum atomic E-state index is -0.571. The largest absolute Gasteiger partial charge is 0.504 e. The fourth-order valence-corrected chi connectivity index (χ4v) is 1.82. The topological polar surface area (TPSA) is 105 Å². The van der Waals surface area contributed by atoms with Gasteiger partial charge in [-0.15, -0.1) is 0 Å². The van der Waals surface area contributed by atoms with E-state index in [1.165, 1.54) is 30.3 Å². The van der Waals surface area contributed by atoms with Crippen LogP contribution in [0.15, 0.2) is 40.9 Å². The van der Waals surface area contributed by atoms with Crippen molar-refractivity contribution >= 4 is 5.69 Å². The number of benzene rings is 2. The Morgan fingerprint density at radius 3 is 2.57 bits per heavy atom. The van der Waals surface area contributed by atoms with Gasteiger partial charge in [0.1, 0.15) is 5.82 Å². The van der Waals surface area contributed by atoms with E-state index in [4.69, 9.17) is 10.3 Å². The molecule has 0 unspecified atom stereocenters. The molecule has 4 N–H and O–H groups in total. The van der Waals surface area contributed by atoms with Crippen molar-refractivity contribution in [3.05, 3.63) is 42.2 Å². The summed E-state index contributed by atoms with van der Waals surface area (Å²) in [7, 11) is 0. The van der Waals surface area contributed by atoms with E-state index in [1.807, 2.05) is 0 Å². The quantitative estimate of drug-likeness (QED) is 0.494. The van der Waals surface area contributed by atoms with E-state index in [2.05, 4.69) is 10.1 Å². The van der Waals surface area contributed by atoms with Gasteiger partial charge in [0.05, 0.1) is 5.56 Å². The molecule has 1 aromatic heterocycles. The molecule has 0 aliphatic carbocycles. The van der Waals surface area contributed by atoms with Crippen molar-refractivity contribution in [3.63, 3.8) is 0 Å². The molecular formula is C14H10FN3O3. The van der Waals surface area contributed by atoms with Crippen LogP contribution in [0.1, 0.15) is 0 Å². The second kappa shape index (κ2) is 4.78.